The highest BCUT2D eigenvalue weighted by Gasteiger charge is 2.17. The summed E-state index contributed by atoms with van der Waals surface area (Å²) in [6.45, 7) is 2.57. The molecule has 1 unspecified atom stereocenters. The van der Waals surface area contributed by atoms with Crippen LogP contribution >= 0.6 is 0 Å². The number of ether oxygens (including phenoxy) is 1. The summed E-state index contributed by atoms with van der Waals surface area (Å²) >= 11 is 0. The first-order chi connectivity index (χ1) is 7.68. The fourth-order valence-electron chi connectivity index (χ4n) is 1.66. The lowest BCUT2D eigenvalue weighted by atomic mass is 10.0. The van der Waals surface area contributed by atoms with Crippen molar-refractivity contribution in [3.8, 4) is 0 Å². The maximum Gasteiger partial charge on any atom is 0.243 e. The van der Waals surface area contributed by atoms with Gasteiger partial charge in [-0.1, -0.05) is 0 Å². The summed E-state index contributed by atoms with van der Waals surface area (Å²) in [6.07, 6.45) is 1.62. The van der Waals surface area contributed by atoms with Crippen LogP contribution in [0.3, 0.4) is 0 Å². The van der Waals surface area contributed by atoms with Crippen LogP contribution in [0.15, 0.2) is 0 Å². The van der Waals surface area contributed by atoms with E-state index in [0.717, 1.165) is 19.5 Å². The first kappa shape index (κ1) is 12.9. The Morgan fingerprint density at radius 1 is 1.50 bits per heavy atom. The average molecular weight is 229 g/mol. The summed E-state index contributed by atoms with van der Waals surface area (Å²) in [5, 5.41) is 5.95. The Hall–Kier alpha value is -1.14. The van der Waals surface area contributed by atoms with E-state index in [4.69, 9.17) is 10.5 Å². The third-order valence-corrected chi connectivity index (χ3v) is 2.45. The largest absolute Gasteiger partial charge is 0.370 e. The molecule has 1 atom stereocenters. The van der Waals surface area contributed by atoms with E-state index in [1.54, 1.807) is 0 Å². The van der Waals surface area contributed by atoms with Crippen LogP contribution in [0.5, 0.6) is 0 Å². The molecule has 16 heavy (non-hydrogen) atoms. The minimum atomic E-state index is -0.497. The number of nitrogens with one attached hydrogen (secondary N) is 2. The second kappa shape index (κ2) is 7.19. The van der Waals surface area contributed by atoms with Crippen LogP contribution in [0.1, 0.15) is 12.8 Å². The zero-order valence-corrected chi connectivity index (χ0v) is 9.33. The number of hydrogen-bond donors (Lipinski definition) is 3. The second-order valence-electron chi connectivity index (χ2n) is 3.93. The van der Waals surface area contributed by atoms with Gasteiger partial charge in [-0.3, -0.25) is 9.59 Å². The number of nitrogens with two attached hydrogens (primary N) is 1. The Balaban J connectivity index is 1.95. The maximum atomic E-state index is 11.4. The predicted octanol–water partition coefficient (Wildman–Crippen LogP) is -1.40. The molecule has 0 radical (unpaired) electrons. The van der Waals surface area contributed by atoms with E-state index in [9.17, 15) is 9.59 Å². The Bertz CT molecular complexity index is 239. The zero-order valence-electron chi connectivity index (χ0n) is 9.33. The summed E-state index contributed by atoms with van der Waals surface area (Å²) in [6, 6.07) is 0. The summed E-state index contributed by atoms with van der Waals surface area (Å²) < 4.78 is 4.91. The second-order valence-corrected chi connectivity index (χ2v) is 3.93. The van der Waals surface area contributed by atoms with Crippen LogP contribution in [0, 0.1) is 5.92 Å². The normalized spacial score (nSPS) is 19.6. The summed E-state index contributed by atoms with van der Waals surface area (Å²) in [5.41, 5.74) is 4.89. The van der Waals surface area contributed by atoms with Crippen LogP contribution in [0.2, 0.25) is 0 Å². The van der Waals surface area contributed by atoms with Gasteiger partial charge < -0.3 is 21.1 Å². The van der Waals surface area contributed by atoms with Crippen molar-refractivity contribution < 1.29 is 14.3 Å². The highest BCUT2D eigenvalue weighted by molar-refractivity contribution is 5.76. The Morgan fingerprint density at radius 3 is 2.94 bits per heavy atom. The van der Waals surface area contributed by atoms with Gasteiger partial charge in [0.15, 0.2) is 0 Å². The van der Waals surface area contributed by atoms with E-state index in [0.29, 0.717) is 25.5 Å². The van der Waals surface area contributed by atoms with Crippen LogP contribution < -0.4 is 16.4 Å². The summed E-state index contributed by atoms with van der Waals surface area (Å²) in [4.78, 5) is 21.7. The molecule has 0 aromatic heterocycles. The molecule has 1 rings (SSSR count). The van der Waals surface area contributed by atoms with Crippen molar-refractivity contribution in [3.05, 3.63) is 0 Å². The molecule has 1 fully saturated rings. The van der Waals surface area contributed by atoms with Gasteiger partial charge in [-0.25, -0.2) is 0 Å². The van der Waals surface area contributed by atoms with Gasteiger partial charge in [0.2, 0.25) is 11.8 Å². The Labute approximate surface area is 94.9 Å². The third-order valence-electron chi connectivity index (χ3n) is 2.45. The van der Waals surface area contributed by atoms with E-state index < -0.39 is 5.91 Å². The Morgan fingerprint density at radius 2 is 2.31 bits per heavy atom. The molecule has 0 spiro atoms. The van der Waals surface area contributed by atoms with Crippen LogP contribution in [0.25, 0.3) is 0 Å². The van der Waals surface area contributed by atoms with Gasteiger partial charge in [0.1, 0.15) is 6.61 Å². The fraction of sp³-hybridized carbons (Fsp3) is 0.800. The van der Waals surface area contributed by atoms with Gasteiger partial charge >= 0.3 is 0 Å². The SMILES string of the molecule is NC(=O)COCCNC(=O)CC1CCNC1. The number of rotatable bonds is 7. The van der Waals surface area contributed by atoms with Gasteiger partial charge in [0, 0.05) is 13.0 Å². The first-order valence-corrected chi connectivity index (χ1v) is 5.52. The molecule has 2 amide bonds. The van der Waals surface area contributed by atoms with E-state index in [-0.39, 0.29) is 12.5 Å². The van der Waals surface area contributed by atoms with Crippen molar-refractivity contribution in [1.82, 2.24) is 10.6 Å². The molecule has 6 heteroatoms. The predicted molar refractivity (Wildman–Crippen MR) is 58.6 cm³/mol. The van der Waals surface area contributed by atoms with Gasteiger partial charge in [0.05, 0.1) is 6.61 Å². The number of hydrogen-bond acceptors (Lipinski definition) is 4. The minimum absolute atomic E-state index is 0.0383. The highest BCUT2D eigenvalue weighted by atomic mass is 16.5. The lowest BCUT2D eigenvalue weighted by Gasteiger charge is -2.08. The number of carbonyl (C=O) groups is 2. The number of amides is 2. The molecule has 1 saturated heterocycles. The molecule has 0 bridgehead atoms. The maximum absolute atomic E-state index is 11.4. The molecule has 1 aliphatic rings. The lowest BCUT2D eigenvalue weighted by Crippen LogP contribution is -2.30. The molecule has 0 saturated carbocycles. The van der Waals surface area contributed by atoms with Crippen molar-refractivity contribution in [2.45, 2.75) is 12.8 Å². The van der Waals surface area contributed by atoms with Crippen LogP contribution in [-0.4, -0.2) is 44.7 Å². The van der Waals surface area contributed by atoms with E-state index in [2.05, 4.69) is 10.6 Å². The molecule has 6 nitrogen and oxygen atoms in total. The Kier molecular flexibility index (Phi) is 5.81. The molecule has 0 aromatic carbocycles. The topological polar surface area (TPSA) is 93.5 Å². The zero-order chi connectivity index (χ0) is 11.8. The van der Waals surface area contributed by atoms with Gasteiger partial charge in [0.25, 0.3) is 0 Å². The highest BCUT2D eigenvalue weighted by Crippen LogP contribution is 2.11. The summed E-state index contributed by atoms with van der Waals surface area (Å²) in [7, 11) is 0. The summed E-state index contributed by atoms with van der Waals surface area (Å²) in [5.74, 6) is -0.00808. The molecule has 0 aliphatic carbocycles. The van der Waals surface area contributed by atoms with Crippen molar-refractivity contribution in [2.75, 3.05) is 32.8 Å². The average Bonchev–Trinajstić information content (AvgIpc) is 2.69. The molecule has 1 heterocycles. The van der Waals surface area contributed by atoms with Gasteiger partial charge in [-0.15, -0.1) is 0 Å². The van der Waals surface area contributed by atoms with Crippen molar-refractivity contribution in [1.29, 1.82) is 0 Å². The van der Waals surface area contributed by atoms with Gasteiger partial charge in [-0.2, -0.15) is 0 Å². The van der Waals surface area contributed by atoms with Crippen molar-refractivity contribution in [3.63, 3.8) is 0 Å². The van der Waals surface area contributed by atoms with Crippen LogP contribution in [-0.2, 0) is 14.3 Å². The number of primary amides is 1. The third kappa shape index (κ3) is 5.67. The molecular weight excluding hydrogens is 210 g/mol. The molecule has 0 aromatic rings. The smallest absolute Gasteiger partial charge is 0.243 e. The van der Waals surface area contributed by atoms with E-state index in [1.807, 2.05) is 0 Å². The van der Waals surface area contributed by atoms with Crippen LogP contribution in [0.4, 0.5) is 0 Å². The molecular formula is C10H19N3O3. The minimum Gasteiger partial charge on any atom is -0.370 e. The molecule has 4 N–H and O–H groups in total. The van der Waals surface area contributed by atoms with Gasteiger partial charge in [-0.05, 0) is 25.4 Å². The molecule has 92 valence electrons. The van der Waals surface area contributed by atoms with E-state index >= 15 is 0 Å². The number of carbonyl (C=O) groups excluding carboxylic acids is 2. The quantitative estimate of drug-likeness (QED) is 0.468. The fourth-order valence-corrected chi connectivity index (χ4v) is 1.66. The first-order valence-electron chi connectivity index (χ1n) is 5.52. The van der Waals surface area contributed by atoms with E-state index in [1.165, 1.54) is 0 Å². The lowest BCUT2D eigenvalue weighted by molar-refractivity contribution is -0.123. The van der Waals surface area contributed by atoms with Crippen molar-refractivity contribution in [2.24, 2.45) is 11.7 Å². The van der Waals surface area contributed by atoms with Crippen molar-refractivity contribution >= 4 is 11.8 Å². The molecule has 1 aliphatic heterocycles. The standard InChI is InChI=1S/C10H19N3O3/c11-9(14)7-16-4-3-13-10(15)5-8-1-2-12-6-8/h8,12H,1-7H2,(H2,11,14)(H,13,15). The monoisotopic (exact) mass is 229 g/mol.